The van der Waals surface area contributed by atoms with E-state index in [0.717, 1.165) is 5.56 Å². The molecule has 3 rings (SSSR count). The molecular weight excluding hydrogens is 408 g/mol. The summed E-state index contributed by atoms with van der Waals surface area (Å²) in [5.41, 5.74) is 7.37. The van der Waals surface area contributed by atoms with Crippen LogP contribution in [0.25, 0.3) is 5.69 Å². The number of nitrogens with one attached hydrogen (secondary N) is 1. The first kappa shape index (κ1) is 21.8. The topological polar surface area (TPSA) is 131 Å². The second-order valence-corrected chi connectivity index (χ2v) is 8.79. The lowest BCUT2D eigenvalue weighted by Crippen LogP contribution is -2.50. The zero-order chi connectivity index (χ0) is 21.9. The third kappa shape index (κ3) is 5.19. The lowest BCUT2D eigenvalue weighted by atomic mass is 9.88. The van der Waals surface area contributed by atoms with Gasteiger partial charge in [0.2, 0.25) is 5.91 Å². The van der Waals surface area contributed by atoms with Crippen LogP contribution in [0.4, 0.5) is 0 Å². The Morgan fingerprint density at radius 3 is 2.80 bits per heavy atom. The van der Waals surface area contributed by atoms with E-state index in [1.807, 2.05) is 20.8 Å². The molecule has 0 bridgehead atoms. The summed E-state index contributed by atoms with van der Waals surface area (Å²) in [5.74, 6) is -0.692. The molecule has 2 amide bonds. The smallest absolute Gasteiger partial charge is 0.260 e. The number of benzene rings is 1. The first-order chi connectivity index (χ1) is 14.2. The molecule has 2 aromatic rings. The summed E-state index contributed by atoms with van der Waals surface area (Å²) < 4.78 is 1.48. The van der Waals surface area contributed by atoms with Crippen molar-refractivity contribution in [1.82, 2.24) is 30.5 Å². The van der Waals surface area contributed by atoms with E-state index in [1.165, 1.54) is 16.0 Å². The lowest BCUT2D eigenvalue weighted by Gasteiger charge is -2.27. The molecule has 1 aromatic carbocycles. The summed E-state index contributed by atoms with van der Waals surface area (Å²) in [6.45, 7) is 6.20. The van der Waals surface area contributed by atoms with Crippen molar-refractivity contribution in [3.63, 3.8) is 0 Å². The number of carbonyl (C=O) groups is 2. The van der Waals surface area contributed by atoms with E-state index in [1.54, 1.807) is 24.4 Å². The van der Waals surface area contributed by atoms with E-state index >= 15 is 0 Å². The van der Waals surface area contributed by atoms with Gasteiger partial charge in [0.25, 0.3) is 5.91 Å². The summed E-state index contributed by atoms with van der Waals surface area (Å²) in [4.78, 5) is 25.5. The number of nitrogens with zero attached hydrogens (tertiary/aromatic N) is 6. The lowest BCUT2D eigenvalue weighted by molar-refractivity contribution is -0.141. The van der Waals surface area contributed by atoms with E-state index in [0.29, 0.717) is 23.6 Å². The first-order valence-electron chi connectivity index (χ1n) is 9.56. The molecule has 0 spiro atoms. The summed E-state index contributed by atoms with van der Waals surface area (Å²) in [5, 5.41) is 19.8. The molecule has 160 valence electrons. The fourth-order valence-electron chi connectivity index (χ4n) is 3.25. The molecule has 0 saturated heterocycles. The maximum absolute atomic E-state index is 12.8. The summed E-state index contributed by atoms with van der Waals surface area (Å²) >= 11 is 6.11. The molecule has 0 radical (unpaired) electrons. The minimum absolute atomic E-state index is 0.116. The molecule has 1 aromatic heterocycles. The van der Waals surface area contributed by atoms with Crippen LogP contribution >= 0.6 is 11.6 Å². The van der Waals surface area contributed by atoms with E-state index in [-0.39, 0.29) is 23.8 Å². The number of aromatic nitrogens is 4. The SMILES string of the molecule is CC(C)(C)C[C@@H](N)C(=O)N1N=CCC1C(=O)NCc1cc(Cl)ccc1-n1cnnn1. The Hall–Kier alpha value is -2.85. The van der Waals surface area contributed by atoms with Crippen LogP contribution in [0.1, 0.15) is 39.2 Å². The number of halogens is 1. The van der Waals surface area contributed by atoms with Crippen molar-refractivity contribution in [3.8, 4) is 5.69 Å². The largest absolute Gasteiger partial charge is 0.350 e. The van der Waals surface area contributed by atoms with Crippen LogP contribution in [0.15, 0.2) is 29.6 Å². The number of hydrazone groups is 1. The standard InChI is InChI=1S/C19H25ClN8O2/c1-19(2,3)9-14(21)18(30)28-16(6-7-24-28)17(29)22-10-12-8-13(20)4-5-15(12)27-11-23-25-26-27/h4-5,7-8,11,14,16H,6,9-10,21H2,1-3H3,(H,22,29)/t14-,16?/m1/s1. The first-order valence-corrected chi connectivity index (χ1v) is 9.94. The maximum Gasteiger partial charge on any atom is 0.260 e. The van der Waals surface area contributed by atoms with Crippen molar-refractivity contribution in [2.24, 2.45) is 16.3 Å². The molecule has 3 N–H and O–H groups in total. The molecule has 0 fully saturated rings. The van der Waals surface area contributed by atoms with Gasteiger partial charge in [-0.3, -0.25) is 9.59 Å². The van der Waals surface area contributed by atoms with E-state index < -0.39 is 12.1 Å². The minimum Gasteiger partial charge on any atom is -0.350 e. The zero-order valence-corrected chi connectivity index (χ0v) is 17.9. The molecular formula is C19H25ClN8O2. The van der Waals surface area contributed by atoms with Gasteiger partial charge < -0.3 is 11.1 Å². The summed E-state index contributed by atoms with van der Waals surface area (Å²) in [6.07, 6.45) is 3.83. The van der Waals surface area contributed by atoms with Gasteiger partial charge in [0.05, 0.1) is 11.7 Å². The summed E-state index contributed by atoms with van der Waals surface area (Å²) in [6, 6.07) is 3.74. The number of nitrogens with two attached hydrogens (primary N) is 1. The van der Waals surface area contributed by atoms with Crippen LogP contribution in [-0.4, -0.2) is 55.3 Å². The molecule has 30 heavy (non-hydrogen) atoms. The van der Waals surface area contributed by atoms with Gasteiger partial charge in [-0.1, -0.05) is 32.4 Å². The molecule has 0 saturated carbocycles. The van der Waals surface area contributed by atoms with Crippen molar-refractivity contribution in [3.05, 3.63) is 35.1 Å². The van der Waals surface area contributed by atoms with Crippen molar-refractivity contribution < 1.29 is 9.59 Å². The highest BCUT2D eigenvalue weighted by molar-refractivity contribution is 6.30. The highest BCUT2D eigenvalue weighted by Gasteiger charge is 2.36. The zero-order valence-electron chi connectivity index (χ0n) is 17.1. The van der Waals surface area contributed by atoms with Gasteiger partial charge in [-0.25, -0.2) is 9.69 Å². The molecule has 0 aliphatic carbocycles. The molecule has 1 aliphatic rings. The van der Waals surface area contributed by atoms with Crippen LogP contribution < -0.4 is 11.1 Å². The second kappa shape index (κ2) is 8.88. The number of rotatable bonds is 6. The fourth-order valence-corrected chi connectivity index (χ4v) is 3.45. The predicted molar refractivity (Wildman–Crippen MR) is 112 cm³/mol. The highest BCUT2D eigenvalue weighted by Crippen LogP contribution is 2.23. The van der Waals surface area contributed by atoms with Crippen LogP contribution in [0.3, 0.4) is 0 Å². The van der Waals surface area contributed by atoms with Crippen LogP contribution in [0, 0.1) is 5.41 Å². The van der Waals surface area contributed by atoms with Crippen molar-refractivity contribution >= 4 is 29.6 Å². The molecule has 11 heteroatoms. The molecule has 10 nitrogen and oxygen atoms in total. The average molecular weight is 433 g/mol. The third-order valence-electron chi connectivity index (χ3n) is 4.60. The number of hydrogen-bond donors (Lipinski definition) is 2. The van der Waals surface area contributed by atoms with Gasteiger partial charge in [0.1, 0.15) is 12.4 Å². The third-order valence-corrected chi connectivity index (χ3v) is 4.83. The monoisotopic (exact) mass is 432 g/mol. The van der Waals surface area contributed by atoms with E-state index in [2.05, 4.69) is 25.9 Å². The minimum atomic E-state index is -0.737. The number of carbonyl (C=O) groups excluding carboxylic acids is 2. The Balaban J connectivity index is 1.68. The van der Waals surface area contributed by atoms with Crippen LogP contribution in [-0.2, 0) is 16.1 Å². The normalized spacial score (nSPS) is 17.2. The molecule has 2 atom stereocenters. The number of amides is 2. The average Bonchev–Trinajstić information content (AvgIpc) is 3.36. The predicted octanol–water partition coefficient (Wildman–Crippen LogP) is 1.28. The van der Waals surface area contributed by atoms with E-state index in [9.17, 15) is 9.59 Å². The Labute approximate surface area is 179 Å². The van der Waals surface area contributed by atoms with Gasteiger partial charge in [-0.15, -0.1) is 5.10 Å². The van der Waals surface area contributed by atoms with Gasteiger partial charge in [0.15, 0.2) is 0 Å². The van der Waals surface area contributed by atoms with Crippen molar-refractivity contribution in [2.75, 3.05) is 0 Å². The number of tetrazole rings is 1. The van der Waals surface area contributed by atoms with E-state index in [4.69, 9.17) is 17.3 Å². The molecule has 1 aliphatic heterocycles. The Morgan fingerprint density at radius 2 is 2.13 bits per heavy atom. The van der Waals surface area contributed by atoms with Crippen molar-refractivity contribution in [2.45, 2.75) is 52.2 Å². The Kier molecular flexibility index (Phi) is 6.47. The van der Waals surface area contributed by atoms with Crippen molar-refractivity contribution in [1.29, 1.82) is 0 Å². The molecule has 1 unspecified atom stereocenters. The Bertz CT molecular complexity index is 939. The van der Waals surface area contributed by atoms with Gasteiger partial charge in [-0.2, -0.15) is 5.10 Å². The molecule has 2 heterocycles. The van der Waals surface area contributed by atoms with Crippen LogP contribution in [0.2, 0.25) is 5.02 Å². The Morgan fingerprint density at radius 1 is 1.37 bits per heavy atom. The quantitative estimate of drug-likeness (QED) is 0.706. The summed E-state index contributed by atoms with van der Waals surface area (Å²) in [7, 11) is 0. The van der Waals surface area contributed by atoms with Gasteiger partial charge >= 0.3 is 0 Å². The van der Waals surface area contributed by atoms with Gasteiger partial charge in [-0.05, 0) is 46.0 Å². The number of hydrogen-bond acceptors (Lipinski definition) is 7. The highest BCUT2D eigenvalue weighted by atomic mass is 35.5. The fraction of sp³-hybridized carbons (Fsp3) is 0.474. The van der Waals surface area contributed by atoms with Gasteiger partial charge in [0, 0.05) is 24.2 Å². The van der Waals surface area contributed by atoms with Crippen LogP contribution in [0.5, 0.6) is 0 Å². The second-order valence-electron chi connectivity index (χ2n) is 8.35. The maximum atomic E-state index is 12.8.